The van der Waals surface area contributed by atoms with Crippen LogP contribution in [0.4, 0.5) is 0 Å². The molecule has 3 atom stereocenters. The second kappa shape index (κ2) is 19.3. The number of rotatable bonds is 16. The van der Waals surface area contributed by atoms with Gasteiger partial charge in [-0.05, 0) is 111 Å². The predicted molar refractivity (Wildman–Crippen MR) is 220 cm³/mol. The van der Waals surface area contributed by atoms with Gasteiger partial charge in [0, 0.05) is 56.0 Å². The molecule has 0 saturated carbocycles. The molecule has 2 aromatic carbocycles. The van der Waals surface area contributed by atoms with Crippen molar-refractivity contribution in [2.75, 3.05) is 39.3 Å². The number of phenols is 1. The van der Waals surface area contributed by atoms with Crippen LogP contribution in [0.25, 0.3) is 5.57 Å². The molecule has 0 radical (unpaired) electrons. The van der Waals surface area contributed by atoms with Crippen molar-refractivity contribution in [3.8, 4) is 11.5 Å². The Labute approximate surface area is 322 Å². The SMILES string of the molecule is C=C\C=C/C=C/C(CC)=C(/c1ccc(O)cc1)c1ccc(OCCCCCN2CC(C)N(C(=C)/C=C3/CN(C4CCC(=O)NC4)C(=O)C3=C)CC2C)cc1. The van der Waals surface area contributed by atoms with E-state index in [1.54, 1.807) is 18.2 Å². The molecule has 3 unspecified atom stereocenters. The minimum atomic E-state index is -0.0409. The fourth-order valence-electron chi connectivity index (χ4n) is 7.63. The molecule has 0 aliphatic carbocycles. The summed E-state index contributed by atoms with van der Waals surface area (Å²) in [5.74, 6) is 1.12. The first-order chi connectivity index (χ1) is 26.1. The number of nitrogens with one attached hydrogen (secondary N) is 1. The minimum Gasteiger partial charge on any atom is -0.508 e. The number of ether oxygens (including phenoxy) is 1. The van der Waals surface area contributed by atoms with E-state index in [1.807, 2.05) is 53.5 Å². The van der Waals surface area contributed by atoms with Crippen molar-refractivity contribution in [1.29, 1.82) is 0 Å². The first kappa shape index (κ1) is 40.1. The molecule has 3 saturated heterocycles. The molecule has 286 valence electrons. The summed E-state index contributed by atoms with van der Waals surface area (Å²) >= 11 is 0. The van der Waals surface area contributed by atoms with Crippen LogP contribution in [0.2, 0.25) is 0 Å². The highest BCUT2D eigenvalue weighted by Gasteiger charge is 2.36. The van der Waals surface area contributed by atoms with Gasteiger partial charge in [0.1, 0.15) is 11.5 Å². The molecule has 3 aliphatic heterocycles. The average molecular weight is 731 g/mol. The monoisotopic (exact) mass is 730 g/mol. The molecular weight excluding hydrogens is 673 g/mol. The summed E-state index contributed by atoms with van der Waals surface area (Å²) in [6, 6.07) is 16.4. The molecule has 5 rings (SSSR count). The zero-order chi connectivity index (χ0) is 38.6. The van der Waals surface area contributed by atoms with E-state index < -0.39 is 0 Å². The number of nitrogens with zero attached hydrogens (tertiary/aromatic N) is 3. The normalized spacial score (nSPS) is 22.3. The maximum Gasteiger partial charge on any atom is 0.254 e. The number of hydrogen-bond donors (Lipinski definition) is 2. The summed E-state index contributed by atoms with van der Waals surface area (Å²) in [5.41, 5.74) is 6.86. The van der Waals surface area contributed by atoms with Gasteiger partial charge in [-0.1, -0.05) is 81.3 Å². The third-order valence-electron chi connectivity index (χ3n) is 10.8. The Morgan fingerprint density at radius 3 is 2.35 bits per heavy atom. The number of carbonyl (C=O) groups excluding carboxylic acids is 2. The molecule has 54 heavy (non-hydrogen) atoms. The molecular formula is C46H58N4O4. The number of piperazine rings is 1. The van der Waals surface area contributed by atoms with Gasteiger partial charge < -0.3 is 25.0 Å². The Balaban J connectivity index is 1.07. The average Bonchev–Trinajstić information content (AvgIpc) is 3.45. The van der Waals surface area contributed by atoms with Crippen molar-refractivity contribution < 1.29 is 19.4 Å². The third kappa shape index (κ3) is 10.3. The zero-order valence-corrected chi connectivity index (χ0v) is 32.4. The first-order valence-electron chi connectivity index (χ1n) is 19.5. The number of allylic oxidation sites excluding steroid dienone is 7. The van der Waals surface area contributed by atoms with Crippen LogP contribution in [-0.4, -0.2) is 89.1 Å². The lowest BCUT2D eigenvalue weighted by atomic mass is 9.91. The highest BCUT2D eigenvalue weighted by Crippen LogP contribution is 2.32. The van der Waals surface area contributed by atoms with E-state index in [4.69, 9.17) is 4.74 Å². The topological polar surface area (TPSA) is 85.3 Å². The second-order valence-corrected chi connectivity index (χ2v) is 14.6. The van der Waals surface area contributed by atoms with Crippen molar-refractivity contribution in [3.05, 3.63) is 138 Å². The van der Waals surface area contributed by atoms with Crippen molar-refractivity contribution in [1.82, 2.24) is 20.0 Å². The highest BCUT2D eigenvalue weighted by atomic mass is 16.5. The van der Waals surface area contributed by atoms with Crippen LogP contribution in [0, 0.1) is 0 Å². The van der Waals surface area contributed by atoms with E-state index in [2.05, 4.69) is 73.8 Å². The molecule has 2 aromatic rings. The Morgan fingerprint density at radius 1 is 0.963 bits per heavy atom. The smallest absolute Gasteiger partial charge is 0.254 e. The lowest BCUT2D eigenvalue weighted by Crippen LogP contribution is -2.55. The Morgan fingerprint density at radius 2 is 1.69 bits per heavy atom. The van der Waals surface area contributed by atoms with Gasteiger partial charge in [0.05, 0.1) is 12.6 Å². The number of likely N-dealkylation sites (tertiary alicyclic amines) is 1. The Kier molecular flexibility index (Phi) is 14.3. The van der Waals surface area contributed by atoms with Crippen molar-refractivity contribution in [2.24, 2.45) is 0 Å². The van der Waals surface area contributed by atoms with Gasteiger partial charge >= 0.3 is 0 Å². The van der Waals surface area contributed by atoms with Gasteiger partial charge in [0.25, 0.3) is 5.91 Å². The number of piperidine rings is 1. The van der Waals surface area contributed by atoms with Crippen LogP contribution in [0.3, 0.4) is 0 Å². The van der Waals surface area contributed by atoms with E-state index in [-0.39, 0.29) is 23.6 Å². The lowest BCUT2D eigenvalue weighted by molar-refractivity contribution is -0.130. The third-order valence-corrected chi connectivity index (χ3v) is 10.8. The van der Waals surface area contributed by atoms with Gasteiger partial charge in [0.15, 0.2) is 0 Å². The van der Waals surface area contributed by atoms with Crippen LogP contribution in [0.1, 0.15) is 70.4 Å². The van der Waals surface area contributed by atoms with Gasteiger partial charge in [-0.3, -0.25) is 14.5 Å². The summed E-state index contributed by atoms with van der Waals surface area (Å²) in [6.45, 7) is 23.5. The largest absolute Gasteiger partial charge is 0.508 e. The van der Waals surface area contributed by atoms with Gasteiger partial charge in [-0.2, -0.15) is 0 Å². The van der Waals surface area contributed by atoms with E-state index >= 15 is 0 Å². The number of aromatic hydroxyl groups is 1. The van der Waals surface area contributed by atoms with Crippen LogP contribution in [0.15, 0.2) is 127 Å². The number of hydrogen-bond acceptors (Lipinski definition) is 6. The van der Waals surface area contributed by atoms with Gasteiger partial charge in [-0.15, -0.1) is 0 Å². The summed E-state index contributed by atoms with van der Waals surface area (Å²) < 4.78 is 6.16. The number of phenolic OH excluding ortho intramolecular Hbond substituents is 1. The standard InChI is InChI=1S/C46H58N4O4/c1-7-9-10-12-15-37(8-2)45(38-16-21-42(51)22-17-38)39-18-23-43(24-19-39)54-27-14-11-13-26-48-30-35(5)49(31-34(48)4)33(3)28-40-32-50(46(53)36(40)6)41-20-25-44(52)47-29-41/h7,9-10,12,15-19,21-24,28,34-35,41,51H,1,3,6,8,11,13-14,20,25-27,29-32H2,2,4-5H3,(H,47,52)/b10-9-,15-12+,40-28-,45-37-. The Hall–Kier alpha value is -5.08. The minimum absolute atomic E-state index is 0.0131. The van der Waals surface area contributed by atoms with Gasteiger partial charge in [-0.25, -0.2) is 0 Å². The number of carbonyl (C=O) groups is 2. The van der Waals surface area contributed by atoms with E-state index in [9.17, 15) is 14.7 Å². The summed E-state index contributed by atoms with van der Waals surface area (Å²) in [7, 11) is 0. The maximum absolute atomic E-state index is 13.0. The van der Waals surface area contributed by atoms with Gasteiger partial charge in [0.2, 0.25) is 5.91 Å². The molecule has 3 fully saturated rings. The molecule has 3 heterocycles. The zero-order valence-electron chi connectivity index (χ0n) is 32.4. The number of unbranched alkanes of at least 4 members (excludes halogenated alkanes) is 2. The number of amides is 2. The molecule has 3 aliphatic rings. The quantitative estimate of drug-likeness (QED) is 0.104. The van der Waals surface area contributed by atoms with Crippen LogP contribution in [-0.2, 0) is 9.59 Å². The van der Waals surface area contributed by atoms with Crippen LogP contribution >= 0.6 is 0 Å². The summed E-state index contributed by atoms with van der Waals surface area (Å²) in [6.07, 6.45) is 17.1. The van der Waals surface area contributed by atoms with E-state index in [0.717, 1.165) is 79.0 Å². The fourth-order valence-corrected chi connectivity index (χ4v) is 7.63. The van der Waals surface area contributed by atoms with E-state index in [1.165, 1.54) is 5.57 Å². The lowest BCUT2D eigenvalue weighted by Gasteiger charge is -2.45. The van der Waals surface area contributed by atoms with Crippen molar-refractivity contribution in [3.63, 3.8) is 0 Å². The molecule has 0 bridgehead atoms. The Bertz CT molecular complexity index is 1780. The first-order valence-corrected chi connectivity index (χ1v) is 19.5. The summed E-state index contributed by atoms with van der Waals surface area (Å²) in [4.78, 5) is 31.4. The van der Waals surface area contributed by atoms with Crippen LogP contribution < -0.4 is 10.1 Å². The fraction of sp³-hybridized carbons (Fsp3) is 0.391. The van der Waals surface area contributed by atoms with Crippen molar-refractivity contribution >= 4 is 17.4 Å². The van der Waals surface area contributed by atoms with E-state index in [0.29, 0.717) is 50.2 Å². The highest BCUT2D eigenvalue weighted by molar-refractivity contribution is 6.01. The predicted octanol–water partition coefficient (Wildman–Crippen LogP) is 7.96. The molecule has 2 N–H and O–H groups in total. The van der Waals surface area contributed by atoms with Crippen molar-refractivity contribution in [2.45, 2.75) is 77.4 Å². The molecule has 0 spiro atoms. The molecule has 2 amide bonds. The molecule has 0 aromatic heterocycles. The number of benzene rings is 2. The summed E-state index contributed by atoms with van der Waals surface area (Å²) in [5, 5.41) is 12.8. The maximum atomic E-state index is 13.0. The molecule has 8 heteroatoms. The second-order valence-electron chi connectivity index (χ2n) is 14.6. The molecule has 8 nitrogen and oxygen atoms in total. The van der Waals surface area contributed by atoms with Crippen LogP contribution in [0.5, 0.6) is 11.5 Å².